The van der Waals surface area contributed by atoms with E-state index >= 15 is 0 Å². The van der Waals surface area contributed by atoms with Crippen LogP contribution in [0.3, 0.4) is 0 Å². The van der Waals surface area contributed by atoms with Gasteiger partial charge in [0.05, 0.1) is 4.92 Å². The third kappa shape index (κ3) is 3.44. The van der Waals surface area contributed by atoms with Crippen LogP contribution in [0.25, 0.3) is 0 Å². The van der Waals surface area contributed by atoms with Gasteiger partial charge in [0.25, 0.3) is 5.69 Å². The van der Waals surface area contributed by atoms with E-state index in [2.05, 4.69) is 17.5 Å². The highest BCUT2D eigenvalue weighted by molar-refractivity contribution is 5.91. The molecule has 0 aliphatic heterocycles. The van der Waals surface area contributed by atoms with Crippen molar-refractivity contribution in [3.63, 3.8) is 0 Å². The monoisotopic (exact) mass is 274 g/mol. The van der Waals surface area contributed by atoms with Crippen molar-refractivity contribution in [2.45, 2.75) is 32.6 Å². The molecule has 1 aliphatic carbocycles. The van der Waals surface area contributed by atoms with Gasteiger partial charge in [-0.1, -0.05) is 25.1 Å². The van der Waals surface area contributed by atoms with Gasteiger partial charge in [-0.3, -0.25) is 14.9 Å². The number of aryl methyl sites for hydroxylation is 1. The molecule has 0 unspecified atom stereocenters. The molecule has 5 nitrogen and oxygen atoms in total. The number of allylic oxidation sites excluding steroid dienone is 2. The van der Waals surface area contributed by atoms with Crippen molar-refractivity contribution in [2.75, 3.05) is 5.32 Å². The smallest absolute Gasteiger partial charge is 0.274 e. The molecule has 5 heteroatoms. The molecule has 1 aliphatic rings. The fourth-order valence-corrected chi connectivity index (χ4v) is 2.43. The second-order valence-corrected chi connectivity index (χ2v) is 4.97. The van der Waals surface area contributed by atoms with Crippen molar-refractivity contribution < 1.29 is 9.72 Å². The number of hydrogen-bond acceptors (Lipinski definition) is 3. The van der Waals surface area contributed by atoms with E-state index in [4.69, 9.17) is 0 Å². The molecule has 106 valence electrons. The van der Waals surface area contributed by atoms with Gasteiger partial charge in [-0.05, 0) is 31.2 Å². The zero-order valence-electron chi connectivity index (χ0n) is 11.5. The molecule has 20 heavy (non-hydrogen) atoms. The molecule has 1 atom stereocenters. The summed E-state index contributed by atoms with van der Waals surface area (Å²) in [6.45, 7) is 1.87. The van der Waals surface area contributed by atoms with Crippen LogP contribution < -0.4 is 5.32 Å². The average Bonchev–Trinajstić information content (AvgIpc) is 2.91. The lowest BCUT2D eigenvalue weighted by molar-refractivity contribution is -0.385. The largest absolute Gasteiger partial charge is 0.326 e. The first-order valence-electron chi connectivity index (χ1n) is 6.84. The van der Waals surface area contributed by atoms with Crippen LogP contribution >= 0.6 is 0 Å². The van der Waals surface area contributed by atoms with E-state index in [1.165, 1.54) is 6.07 Å². The van der Waals surface area contributed by atoms with E-state index in [0.29, 0.717) is 30.0 Å². The summed E-state index contributed by atoms with van der Waals surface area (Å²) in [5.74, 6) is 0.194. The number of amides is 1. The molecule has 2 rings (SSSR count). The Morgan fingerprint density at radius 2 is 2.30 bits per heavy atom. The molecule has 1 aromatic carbocycles. The van der Waals surface area contributed by atoms with Gasteiger partial charge in [0.1, 0.15) is 0 Å². The second-order valence-electron chi connectivity index (χ2n) is 4.97. The zero-order valence-corrected chi connectivity index (χ0v) is 11.5. The minimum absolute atomic E-state index is 0.0612. The molecule has 1 amide bonds. The van der Waals surface area contributed by atoms with Crippen molar-refractivity contribution >= 4 is 17.3 Å². The van der Waals surface area contributed by atoms with E-state index in [1.54, 1.807) is 12.1 Å². The quantitative estimate of drug-likeness (QED) is 0.507. The maximum Gasteiger partial charge on any atom is 0.274 e. The second kappa shape index (κ2) is 6.32. The van der Waals surface area contributed by atoms with Crippen molar-refractivity contribution in [3.8, 4) is 0 Å². The molecule has 0 spiro atoms. The van der Waals surface area contributed by atoms with E-state index in [-0.39, 0.29) is 11.6 Å². The number of anilines is 1. The van der Waals surface area contributed by atoms with Gasteiger partial charge in [-0.2, -0.15) is 0 Å². The third-order valence-corrected chi connectivity index (χ3v) is 3.51. The van der Waals surface area contributed by atoms with Gasteiger partial charge >= 0.3 is 0 Å². The summed E-state index contributed by atoms with van der Waals surface area (Å²) in [5, 5.41) is 13.7. The fourth-order valence-electron chi connectivity index (χ4n) is 2.43. The normalized spacial score (nSPS) is 17.1. The first-order valence-corrected chi connectivity index (χ1v) is 6.84. The molecule has 0 aromatic heterocycles. The standard InChI is InChI=1S/C15H18N2O3/c1-2-12-7-8-13(10-14(12)17(19)20)16-15(18)9-11-5-3-4-6-11/h3,5,7-8,10-11H,2,4,6,9H2,1H3,(H,16,18)/t11-/m1/s1. The summed E-state index contributed by atoms with van der Waals surface area (Å²) in [7, 11) is 0. The minimum atomic E-state index is -0.409. The summed E-state index contributed by atoms with van der Waals surface area (Å²) in [6.07, 6.45) is 7.19. The Morgan fingerprint density at radius 1 is 1.50 bits per heavy atom. The Hall–Kier alpha value is -2.17. The molecule has 0 heterocycles. The third-order valence-electron chi connectivity index (χ3n) is 3.51. The van der Waals surface area contributed by atoms with Gasteiger partial charge in [-0.15, -0.1) is 0 Å². The molecule has 0 radical (unpaired) electrons. The Morgan fingerprint density at radius 3 is 2.90 bits per heavy atom. The van der Waals surface area contributed by atoms with Gasteiger partial charge in [0.2, 0.25) is 5.91 Å². The average molecular weight is 274 g/mol. The summed E-state index contributed by atoms with van der Waals surface area (Å²) >= 11 is 0. The number of carbonyl (C=O) groups is 1. The van der Waals surface area contributed by atoms with Crippen LogP contribution in [0, 0.1) is 16.0 Å². The fraction of sp³-hybridized carbons (Fsp3) is 0.400. The Balaban J connectivity index is 2.05. The number of hydrogen-bond donors (Lipinski definition) is 1. The first kappa shape index (κ1) is 14.2. The van der Waals surface area contributed by atoms with Crippen molar-refractivity contribution in [3.05, 3.63) is 46.0 Å². The lowest BCUT2D eigenvalue weighted by Crippen LogP contribution is -2.15. The Bertz CT molecular complexity index is 552. The van der Waals surface area contributed by atoms with E-state index in [0.717, 1.165) is 12.8 Å². The molecule has 1 N–H and O–H groups in total. The zero-order chi connectivity index (χ0) is 14.5. The van der Waals surface area contributed by atoms with Crippen LogP contribution in [-0.4, -0.2) is 10.8 Å². The number of nitrogens with one attached hydrogen (secondary N) is 1. The summed E-state index contributed by atoms with van der Waals surface area (Å²) in [4.78, 5) is 22.5. The molecule has 0 saturated heterocycles. The maximum absolute atomic E-state index is 11.9. The van der Waals surface area contributed by atoms with Crippen molar-refractivity contribution in [2.24, 2.45) is 5.92 Å². The minimum Gasteiger partial charge on any atom is -0.326 e. The van der Waals surface area contributed by atoms with Crippen LogP contribution in [0.4, 0.5) is 11.4 Å². The predicted octanol–water partition coefficient (Wildman–Crippen LogP) is 3.45. The highest BCUT2D eigenvalue weighted by Gasteiger charge is 2.16. The molecule has 0 fully saturated rings. The topological polar surface area (TPSA) is 72.2 Å². The summed E-state index contributed by atoms with van der Waals surface area (Å²) < 4.78 is 0. The van der Waals surface area contributed by atoms with Crippen LogP contribution in [0.1, 0.15) is 31.7 Å². The SMILES string of the molecule is CCc1ccc(NC(=O)C[C@@H]2C=CCC2)cc1[N+](=O)[O-]. The molecular formula is C15H18N2O3. The number of rotatable bonds is 5. The maximum atomic E-state index is 11.9. The Kier molecular flexibility index (Phi) is 4.50. The van der Waals surface area contributed by atoms with Crippen LogP contribution in [-0.2, 0) is 11.2 Å². The van der Waals surface area contributed by atoms with Crippen LogP contribution in [0.5, 0.6) is 0 Å². The van der Waals surface area contributed by atoms with E-state index in [1.807, 2.05) is 6.92 Å². The number of carbonyl (C=O) groups excluding carboxylic acids is 1. The van der Waals surface area contributed by atoms with Crippen LogP contribution in [0.15, 0.2) is 30.4 Å². The molecular weight excluding hydrogens is 256 g/mol. The number of benzene rings is 1. The molecule has 0 saturated carbocycles. The number of nitrogens with zero attached hydrogens (tertiary/aromatic N) is 1. The van der Waals surface area contributed by atoms with Gasteiger partial charge in [-0.25, -0.2) is 0 Å². The molecule has 0 bridgehead atoms. The number of nitro groups is 1. The first-order chi connectivity index (χ1) is 9.60. The summed E-state index contributed by atoms with van der Waals surface area (Å²) in [5.41, 5.74) is 1.22. The lowest BCUT2D eigenvalue weighted by Gasteiger charge is -2.09. The van der Waals surface area contributed by atoms with Gasteiger partial charge in [0.15, 0.2) is 0 Å². The van der Waals surface area contributed by atoms with Crippen molar-refractivity contribution in [1.82, 2.24) is 0 Å². The Labute approximate surface area is 117 Å². The molecule has 1 aromatic rings. The van der Waals surface area contributed by atoms with Crippen molar-refractivity contribution in [1.29, 1.82) is 0 Å². The van der Waals surface area contributed by atoms with Gasteiger partial charge < -0.3 is 5.32 Å². The highest BCUT2D eigenvalue weighted by atomic mass is 16.6. The lowest BCUT2D eigenvalue weighted by atomic mass is 10.0. The number of nitro benzene ring substituents is 1. The van der Waals surface area contributed by atoms with Gasteiger partial charge in [0, 0.05) is 23.7 Å². The van der Waals surface area contributed by atoms with Crippen LogP contribution in [0.2, 0.25) is 0 Å². The predicted molar refractivity (Wildman–Crippen MR) is 77.6 cm³/mol. The van der Waals surface area contributed by atoms with E-state index < -0.39 is 4.92 Å². The summed E-state index contributed by atoms with van der Waals surface area (Å²) in [6, 6.07) is 4.85. The highest BCUT2D eigenvalue weighted by Crippen LogP contribution is 2.25. The van der Waals surface area contributed by atoms with E-state index in [9.17, 15) is 14.9 Å².